The van der Waals surface area contributed by atoms with Crippen LogP contribution in [0.25, 0.3) is 33.9 Å². The third-order valence-electron chi connectivity index (χ3n) is 5.31. The predicted octanol–water partition coefficient (Wildman–Crippen LogP) is 6.82. The van der Waals surface area contributed by atoms with Gasteiger partial charge in [0.1, 0.15) is 17.1 Å². The average molecular weight is 493 g/mol. The molecule has 0 saturated carbocycles. The van der Waals surface area contributed by atoms with Crippen molar-refractivity contribution < 1.29 is 27.5 Å². The Kier molecular flexibility index (Phi) is 5.88. The van der Waals surface area contributed by atoms with Gasteiger partial charge in [-0.2, -0.15) is 0 Å². The van der Waals surface area contributed by atoms with E-state index in [-0.39, 0.29) is 10.8 Å². The van der Waals surface area contributed by atoms with Gasteiger partial charge < -0.3 is 23.6 Å². The number of hydrogen-bond acceptors (Lipinski definition) is 6. The summed E-state index contributed by atoms with van der Waals surface area (Å²) in [5.74, 6) is 1.06. The first-order chi connectivity index (χ1) is 16.9. The summed E-state index contributed by atoms with van der Waals surface area (Å²) in [5.41, 5.74) is 2.91. The number of aromatic nitrogens is 1. The van der Waals surface area contributed by atoms with Crippen LogP contribution in [0, 0.1) is 5.82 Å². The predicted molar refractivity (Wildman–Crippen MR) is 130 cm³/mol. The number of oxazole rings is 1. The molecule has 5 aromatic rings. The summed E-state index contributed by atoms with van der Waals surface area (Å²) < 4.78 is 35.5. The molecule has 3 aromatic carbocycles. The van der Waals surface area contributed by atoms with Gasteiger partial charge >= 0.3 is 0 Å². The second-order valence-corrected chi connectivity index (χ2v) is 7.93. The number of methoxy groups -OCH3 is 2. The standard InChI is InChI=1S/C26H18ClFN2O5/c1-32-22-7-4-15(12-24(22)33-2)26-30-19-13-16(5-8-21(19)35-26)29-25(31)23-10-9-20(34-23)14-3-6-18(28)17(27)11-14/h3-13H,1-2H3,(H,29,31). The molecule has 1 N–H and O–H groups in total. The molecule has 0 aliphatic rings. The Hall–Kier alpha value is -4.30. The van der Waals surface area contributed by atoms with Crippen LogP contribution in [0.1, 0.15) is 10.6 Å². The number of benzene rings is 3. The van der Waals surface area contributed by atoms with Gasteiger partial charge in [-0.05, 0) is 66.7 Å². The molecule has 0 aliphatic carbocycles. The van der Waals surface area contributed by atoms with Crippen molar-refractivity contribution in [1.82, 2.24) is 4.98 Å². The summed E-state index contributed by atoms with van der Waals surface area (Å²) in [6.45, 7) is 0. The molecule has 9 heteroatoms. The molecule has 0 fully saturated rings. The van der Waals surface area contributed by atoms with E-state index >= 15 is 0 Å². The van der Waals surface area contributed by atoms with Crippen LogP contribution in [-0.4, -0.2) is 25.1 Å². The highest BCUT2D eigenvalue weighted by molar-refractivity contribution is 6.31. The lowest BCUT2D eigenvalue weighted by Gasteiger charge is -2.07. The lowest BCUT2D eigenvalue weighted by atomic mass is 10.2. The molecule has 0 bridgehead atoms. The van der Waals surface area contributed by atoms with Crippen molar-refractivity contribution in [3.63, 3.8) is 0 Å². The topological polar surface area (TPSA) is 86.7 Å². The number of furan rings is 1. The number of fused-ring (bicyclic) bond motifs is 1. The van der Waals surface area contributed by atoms with Crippen molar-refractivity contribution in [2.24, 2.45) is 0 Å². The van der Waals surface area contributed by atoms with Crippen LogP contribution in [0.15, 0.2) is 75.6 Å². The van der Waals surface area contributed by atoms with Gasteiger partial charge in [-0.3, -0.25) is 4.79 Å². The smallest absolute Gasteiger partial charge is 0.291 e. The largest absolute Gasteiger partial charge is 0.493 e. The molecule has 0 unspecified atom stereocenters. The fourth-order valence-corrected chi connectivity index (χ4v) is 3.74. The van der Waals surface area contributed by atoms with Crippen LogP contribution >= 0.6 is 11.6 Å². The van der Waals surface area contributed by atoms with Crippen LogP contribution in [0.5, 0.6) is 11.5 Å². The zero-order valence-electron chi connectivity index (χ0n) is 18.6. The molecule has 0 spiro atoms. The second kappa shape index (κ2) is 9.15. The Morgan fingerprint density at radius 3 is 2.49 bits per heavy atom. The molecule has 0 atom stereocenters. The third kappa shape index (κ3) is 4.43. The zero-order valence-corrected chi connectivity index (χ0v) is 19.4. The van der Waals surface area contributed by atoms with E-state index < -0.39 is 11.7 Å². The summed E-state index contributed by atoms with van der Waals surface area (Å²) in [6.07, 6.45) is 0. The fourth-order valence-electron chi connectivity index (χ4n) is 3.56. The Bertz CT molecular complexity index is 1560. The van der Waals surface area contributed by atoms with Crippen LogP contribution in [0.3, 0.4) is 0 Å². The van der Waals surface area contributed by atoms with Crippen molar-refractivity contribution in [3.8, 4) is 34.3 Å². The van der Waals surface area contributed by atoms with Gasteiger partial charge in [0.25, 0.3) is 5.91 Å². The SMILES string of the molecule is COc1ccc(-c2nc3cc(NC(=O)c4ccc(-c5ccc(F)c(Cl)c5)o4)ccc3o2)cc1OC. The van der Waals surface area contributed by atoms with E-state index in [1.165, 1.54) is 24.3 Å². The van der Waals surface area contributed by atoms with E-state index in [1.54, 1.807) is 50.6 Å². The van der Waals surface area contributed by atoms with Crippen molar-refractivity contribution in [2.45, 2.75) is 0 Å². The molecule has 5 rings (SSSR count). The fraction of sp³-hybridized carbons (Fsp3) is 0.0769. The number of nitrogens with zero attached hydrogens (tertiary/aromatic N) is 1. The molecular weight excluding hydrogens is 475 g/mol. The third-order valence-corrected chi connectivity index (χ3v) is 5.60. The van der Waals surface area contributed by atoms with Gasteiger partial charge in [0.2, 0.25) is 5.89 Å². The molecular formula is C26H18ClFN2O5. The summed E-state index contributed by atoms with van der Waals surface area (Å²) in [5, 5.41) is 2.75. The number of carbonyl (C=O) groups excluding carboxylic acids is 1. The molecule has 2 aromatic heterocycles. The normalized spacial score (nSPS) is 11.0. The Labute approximate surface area is 204 Å². The van der Waals surface area contributed by atoms with Crippen LogP contribution < -0.4 is 14.8 Å². The number of carbonyl (C=O) groups is 1. The highest BCUT2D eigenvalue weighted by Crippen LogP contribution is 2.34. The van der Waals surface area contributed by atoms with Crippen LogP contribution in [-0.2, 0) is 0 Å². The zero-order chi connectivity index (χ0) is 24.5. The highest BCUT2D eigenvalue weighted by Gasteiger charge is 2.16. The first-order valence-corrected chi connectivity index (χ1v) is 10.8. The molecule has 0 aliphatic heterocycles. The maximum atomic E-state index is 13.4. The summed E-state index contributed by atoms with van der Waals surface area (Å²) in [7, 11) is 3.12. The van der Waals surface area contributed by atoms with E-state index in [0.717, 1.165) is 0 Å². The van der Waals surface area contributed by atoms with Crippen LogP contribution in [0.2, 0.25) is 5.02 Å². The second-order valence-electron chi connectivity index (χ2n) is 7.52. The molecule has 2 heterocycles. The highest BCUT2D eigenvalue weighted by atomic mass is 35.5. The Balaban J connectivity index is 1.36. The molecule has 176 valence electrons. The molecule has 0 radical (unpaired) electrons. The number of anilines is 1. The first-order valence-electron chi connectivity index (χ1n) is 10.4. The van der Waals surface area contributed by atoms with E-state index in [4.69, 9.17) is 29.9 Å². The molecule has 0 saturated heterocycles. The average Bonchev–Trinajstić information content (AvgIpc) is 3.53. The van der Waals surface area contributed by atoms with Crippen molar-refractivity contribution in [2.75, 3.05) is 19.5 Å². The lowest BCUT2D eigenvalue weighted by molar-refractivity contribution is 0.0997. The van der Waals surface area contributed by atoms with Gasteiger partial charge in [-0.25, -0.2) is 9.37 Å². The van der Waals surface area contributed by atoms with Crippen molar-refractivity contribution >= 4 is 34.3 Å². The summed E-state index contributed by atoms with van der Waals surface area (Å²) in [4.78, 5) is 17.2. The number of ether oxygens (including phenoxy) is 2. The number of halogens is 2. The van der Waals surface area contributed by atoms with E-state index in [0.29, 0.717) is 51.1 Å². The minimum atomic E-state index is -0.530. The number of rotatable bonds is 6. The first kappa shape index (κ1) is 22.5. The number of hydrogen-bond donors (Lipinski definition) is 1. The van der Waals surface area contributed by atoms with Crippen molar-refractivity contribution in [3.05, 3.63) is 83.3 Å². The van der Waals surface area contributed by atoms with Gasteiger partial charge in [-0.1, -0.05) is 11.6 Å². The maximum absolute atomic E-state index is 13.4. The van der Waals surface area contributed by atoms with Gasteiger partial charge in [0.15, 0.2) is 22.8 Å². The van der Waals surface area contributed by atoms with Gasteiger partial charge in [0, 0.05) is 16.8 Å². The monoisotopic (exact) mass is 492 g/mol. The molecule has 7 nitrogen and oxygen atoms in total. The minimum absolute atomic E-state index is 0.0294. The van der Waals surface area contributed by atoms with E-state index in [1.807, 2.05) is 6.07 Å². The van der Waals surface area contributed by atoms with E-state index in [9.17, 15) is 9.18 Å². The van der Waals surface area contributed by atoms with Crippen molar-refractivity contribution in [1.29, 1.82) is 0 Å². The van der Waals surface area contributed by atoms with Gasteiger partial charge in [0.05, 0.1) is 19.2 Å². The van der Waals surface area contributed by atoms with E-state index in [2.05, 4.69) is 10.3 Å². The number of amides is 1. The molecule has 35 heavy (non-hydrogen) atoms. The summed E-state index contributed by atoms with van der Waals surface area (Å²) >= 11 is 5.84. The summed E-state index contributed by atoms with van der Waals surface area (Å²) in [6, 6.07) is 17.8. The van der Waals surface area contributed by atoms with Gasteiger partial charge in [-0.15, -0.1) is 0 Å². The molecule has 1 amide bonds. The Morgan fingerprint density at radius 2 is 1.71 bits per heavy atom. The van der Waals surface area contributed by atoms with Crippen LogP contribution in [0.4, 0.5) is 10.1 Å². The Morgan fingerprint density at radius 1 is 0.914 bits per heavy atom. The number of nitrogens with one attached hydrogen (secondary N) is 1. The lowest BCUT2D eigenvalue weighted by Crippen LogP contribution is -2.10. The quantitative estimate of drug-likeness (QED) is 0.280. The maximum Gasteiger partial charge on any atom is 0.291 e. The minimum Gasteiger partial charge on any atom is -0.493 e.